The molecule has 2 rings (SSSR count). The summed E-state index contributed by atoms with van der Waals surface area (Å²) >= 11 is 0. The Balaban J connectivity index is 1.72. The monoisotopic (exact) mass is 251 g/mol. The average molecular weight is 251 g/mol. The highest BCUT2D eigenvalue weighted by molar-refractivity contribution is 4.90. The van der Waals surface area contributed by atoms with E-state index in [4.69, 9.17) is 4.74 Å². The van der Waals surface area contributed by atoms with Gasteiger partial charge in [-0.15, -0.1) is 0 Å². The van der Waals surface area contributed by atoms with Crippen molar-refractivity contribution in [3.63, 3.8) is 0 Å². The first-order chi connectivity index (χ1) is 8.83. The van der Waals surface area contributed by atoms with Crippen LogP contribution in [0, 0.1) is 0 Å². The van der Waals surface area contributed by atoms with Crippen LogP contribution in [-0.4, -0.2) is 28.2 Å². The van der Waals surface area contributed by atoms with Crippen LogP contribution in [0.4, 0.5) is 0 Å². The lowest BCUT2D eigenvalue weighted by Crippen LogP contribution is -2.35. The molecule has 18 heavy (non-hydrogen) atoms. The van der Waals surface area contributed by atoms with E-state index in [1.807, 2.05) is 12.4 Å². The van der Waals surface area contributed by atoms with Crippen molar-refractivity contribution in [1.29, 1.82) is 0 Å². The van der Waals surface area contributed by atoms with Gasteiger partial charge in [-0.25, -0.2) is 4.98 Å². The third kappa shape index (κ3) is 3.56. The summed E-state index contributed by atoms with van der Waals surface area (Å²) < 4.78 is 8.13. The maximum absolute atomic E-state index is 5.99. The van der Waals surface area contributed by atoms with Crippen LogP contribution in [0.1, 0.15) is 45.4 Å². The van der Waals surface area contributed by atoms with E-state index in [1.54, 1.807) is 0 Å². The van der Waals surface area contributed by atoms with Crippen molar-refractivity contribution in [2.75, 3.05) is 6.54 Å². The molecule has 1 aromatic rings. The molecule has 0 amide bonds. The molecular formula is C14H25N3O. The zero-order chi connectivity index (χ0) is 12.8. The summed E-state index contributed by atoms with van der Waals surface area (Å²) in [5.41, 5.74) is 0. The molecule has 1 aliphatic carbocycles. The van der Waals surface area contributed by atoms with E-state index < -0.39 is 0 Å². The second-order valence-corrected chi connectivity index (χ2v) is 4.97. The SMILES string of the molecule is CCNC1CCC(OCc2nccn2CC)CC1. The summed E-state index contributed by atoms with van der Waals surface area (Å²) in [5, 5.41) is 3.52. The summed E-state index contributed by atoms with van der Waals surface area (Å²) in [5.74, 6) is 1.05. The number of imidazole rings is 1. The van der Waals surface area contributed by atoms with Crippen molar-refractivity contribution in [1.82, 2.24) is 14.9 Å². The molecule has 0 radical (unpaired) electrons. The molecule has 4 heteroatoms. The Labute approximate surface area is 110 Å². The molecule has 0 saturated heterocycles. The first-order valence-electron chi connectivity index (χ1n) is 7.18. The van der Waals surface area contributed by atoms with E-state index in [-0.39, 0.29) is 0 Å². The molecule has 0 atom stereocenters. The third-order valence-electron chi connectivity index (χ3n) is 3.76. The van der Waals surface area contributed by atoms with Crippen molar-refractivity contribution in [2.45, 2.75) is 64.8 Å². The van der Waals surface area contributed by atoms with Crippen LogP contribution in [0.2, 0.25) is 0 Å². The number of hydrogen-bond donors (Lipinski definition) is 1. The lowest BCUT2D eigenvalue weighted by molar-refractivity contribution is 0.00711. The van der Waals surface area contributed by atoms with Crippen LogP contribution in [-0.2, 0) is 17.9 Å². The fraction of sp³-hybridized carbons (Fsp3) is 0.786. The molecule has 4 nitrogen and oxygen atoms in total. The number of nitrogens with zero attached hydrogens (tertiary/aromatic N) is 2. The smallest absolute Gasteiger partial charge is 0.134 e. The van der Waals surface area contributed by atoms with E-state index in [9.17, 15) is 0 Å². The van der Waals surface area contributed by atoms with Gasteiger partial charge in [-0.3, -0.25) is 0 Å². The number of aromatic nitrogens is 2. The van der Waals surface area contributed by atoms with Gasteiger partial charge in [0.25, 0.3) is 0 Å². The predicted octanol–water partition coefficient (Wildman–Crippen LogP) is 2.34. The van der Waals surface area contributed by atoms with Crippen LogP contribution in [0.15, 0.2) is 12.4 Å². The molecule has 0 unspecified atom stereocenters. The van der Waals surface area contributed by atoms with Gasteiger partial charge in [0.05, 0.1) is 6.10 Å². The van der Waals surface area contributed by atoms with Crippen molar-refractivity contribution < 1.29 is 4.74 Å². The van der Waals surface area contributed by atoms with Crippen LogP contribution in [0.5, 0.6) is 0 Å². The molecule has 102 valence electrons. The first kappa shape index (κ1) is 13.6. The molecule has 0 aromatic carbocycles. The van der Waals surface area contributed by atoms with Gasteiger partial charge < -0.3 is 14.6 Å². The number of ether oxygens (including phenoxy) is 1. The number of hydrogen-bond acceptors (Lipinski definition) is 3. The van der Waals surface area contributed by atoms with Crippen LogP contribution in [0.3, 0.4) is 0 Å². The van der Waals surface area contributed by atoms with Crippen molar-refractivity contribution in [3.05, 3.63) is 18.2 Å². The topological polar surface area (TPSA) is 39.1 Å². The largest absolute Gasteiger partial charge is 0.370 e. The summed E-state index contributed by atoms with van der Waals surface area (Å²) in [6.45, 7) is 6.99. The minimum Gasteiger partial charge on any atom is -0.370 e. The van der Waals surface area contributed by atoms with Gasteiger partial charge in [0.2, 0.25) is 0 Å². The predicted molar refractivity (Wildman–Crippen MR) is 72.4 cm³/mol. The minimum atomic E-state index is 0.418. The second-order valence-electron chi connectivity index (χ2n) is 4.97. The molecule has 1 N–H and O–H groups in total. The Hall–Kier alpha value is -0.870. The van der Waals surface area contributed by atoms with E-state index in [0.29, 0.717) is 18.8 Å². The minimum absolute atomic E-state index is 0.418. The number of nitrogens with one attached hydrogen (secondary N) is 1. The number of aryl methyl sites for hydroxylation is 1. The van der Waals surface area contributed by atoms with Crippen LogP contribution < -0.4 is 5.32 Å². The van der Waals surface area contributed by atoms with Gasteiger partial charge in [-0.1, -0.05) is 6.92 Å². The van der Waals surface area contributed by atoms with Gasteiger partial charge in [0, 0.05) is 25.0 Å². The number of rotatable bonds is 6. The normalized spacial score (nSPS) is 24.3. The molecule has 1 heterocycles. The summed E-state index contributed by atoms with van der Waals surface area (Å²) in [4.78, 5) is 4.34. The molecular weight excluding hydrogens is 226 g/mol. The highest BCUT2D eigenvalue weighted by Crippen LogP contribution is 2.22. The summed E-state index contributed by atoms with van der Waals surface area (Å²) in [6, 6.07) is 0.701. The first-order valence-corrected chi connectivity index (χ1v) is 7.18. The molecule has 0 aliphatic heterocycles. The highest BCUT2D eigenvalue weighted by Gasteiger charge is 2.21. The zero-order valence-corrected chi connectivity index (χ0v) is 11.6. The highest BCUT2D eigenvalue weighted by atomic mass is 16.5. The lowest BCUT2D eigenvalue weighted by atomic mass is 9.93. The summed E-state index contributed by atoms with van der Waals surface area (Å²) in [6.07, 6.45) is 9.10. The maximum atomic E-state index is 5.99. The van der Waals surface area contributed by atoms with Gasteiger partial charge in [-0.2, -0.15) is 0 Å². The Morgan fingerprint density at radius 3 is 2.78 bits per heavy atom. The molecule has 0 bridgehead atoms. The van der Waals surface area contributed by atoms with Gasteiger partial charge >= 0.3 is 0 Å². The standard InChI is InChI=1S/C14H25N3O/c1-3-15-12-5-7-13(8-6-12)18-11-14-16-9-10-17(14)4-2/h9-10,12-13,15H,3-8,11H2,1-2H3. The van der Waals surface area contributed by atoms with Crippen molar-refractivity contribution in [3.8, 4) is 0 Å². The molecule has 1 saturated carbocycles. The van der Waals surface area contributed by atoms with E-state index in [0.717, 1.165) is 18.9 Å². The Kier molecular flexibility index (Phi) is 5.20. The molecule has 1 aliphatic rings. The maximum Gasteiger partial charge on any atom is 0.134 e. The molecule has 1 aromatic heterocycles. The fourth-order valence-electron chi connectivity index (χ4n) is 2.68. The van der Waals surface area contributed by atoms with Gasteiger partial charge in [0.1, 0.15) is 12.4 Å². The zero-order valence-electron chi connectivity index (χ0n) is 11.6. The average Bonchev–Trinajstić information content (AvgIpc) is 2.86. The third-order valence-corrected chi connectivity index (χ3v) is 3.76. The molecule has 1 fully saturated rings. The Morgan fingerprint density at radius 1 is 1.33 bits per heavy atom. The van der Waals surface area contributed by atoms with Crippen molar-refractivity contribution in [2.24, 2.45) is 0 Å². The van der Waals surface area contributed by atoms with Gasteiger partial charge in [0.15, 0.2) is 0 Å². The van der Waals surface area contributed by atoms with Crippen LogP contribution in [0.25, 0.3) is 0 Å². The Bertz CT molecular complexity index is 343. The molecule has 0 spiro atoms. The van der Waals surface area contributed by atoms with Crippen LogP contribution >= 0.6 is 0 Å². The van der Waals surface area contributed by atoms with Gasteiger partial charge in [-0.05, 0) is 39.2 Å². The van der Waals surface area contributed by atoms with E-state index in [1.165, 1.54) is 25.7 Å². The quantitative estimate of drug-likeness (QED) is 0.843. The lowest BCUT2D eigenvalue weighted by Gasteiger charge is -2.28. The van der Waals surface area contributed by atoms with Crippen molar-refractivity contribution >= 4 is 0 Å². The second kappa shape index (κ2) is 6.90. The fourth-order valence-corrected chi connectivity index (χ4v) is 2.68. The Morgan fingerprint density at radius 2 is 2.11 bits per heavy atom. The van der Waals surface area contributed by atoms with E-state index in [2.05, 4.69) is 28.7 Å². The summed E-state index contributed by atoms with van der Waals surface area (Å²) in [7, 11) is 0. The van der Waals surface area contributed by atoms with E-state index >= 15 is 0 Å².